The monoisotopic (exact) mass is 336 g/mol. The number of rotatable bonds is 3. The van der Waals surface area contributed by atoms with E-state index in [-0.39, 0.29) is 5.56 Å². The quantitative estimate of drug-likeness (QED) is 0.796. The Hall–Kier alpha value is -2.73. The van der Waals surface area contributed by atoms with Crippen molar-refractivity contribution in [1.82, 2.24) is 20.0 Å². The minimum atomic E-state index is -0.0301. The number of hydrogen-bond donors (Lipinski definition) is 1. The van der Waals surface area contributed by atoms with E-state index < -0.39 is 0 Å². The zero-order valence-corrected chi connectivity index (χ0v) is 14.4. The molecule has 6 heteroatoms. The second-order valence-corrected chi connectivity index (χ2v) is 6.48. The van der Waals surface area contributed by atoms with Crippen molar-refractivity contribution in [1.29, 1.82) is 0 Å². The lowest BCUT2D eigenvalue weighted by molar-refractivity contribution is 0.241. The Morgan fingerprint density at radius 2 is 2.04 bits per heavy atom. The van der Waals surface area contributed by atoms with Gasteiger partial charge in [-0.2, -0.15) is 0 Å². The summed E-state index contributed by atoms with van der Waals surface area (Å²) < 4.78 is 5.58. The van der Waals surface area contributed by atoms with Gasteiger partial charge in [-0.05, 0) is 13.8 Å². The lowest BCUT2D eigenvalue weighted by Crippen LogP contribution is -2.35. The zero-order chi connectivity index (χ0) is 17.4. The number of nitrogens with one attached hydrogen (secondary N) is 1. The van der Waals surface area contributed by atoms with Crippen molar-refractivity contribution in [3.05, 3.63) is 69.0 Å². The third-order valence-electron chi connectivity index (χ3n) is 4.67. The molecule has 0 atom stereocenters. The summed E-state index contributed by atoms with van der Waals surface area (Å²) in [5.41, 5.74) is 4.64. The van der Waals surface area contributed by atoms with E-state index in [0.29, 0.717) is 18.9 Å². The van der Waals surface area contributed by atoms with Crippen LogP contribution in [0.15, 0.2) is 39.6 Å². The maximum Gasteiger partial charge on any atom is 0.255 e. The van der Waals surface area contributed by atoms with E-state index in [1.165, 1.54) is 0 Å². The van der Waals surface area contributed by atoms with E-state index in [1.54, 1.807) is 0 Å². The molecule has 0 amide bonds. The molecule has 1 aliphatic rings. The Bertz CT molecular complexity index is 959. The molecule has 3 aromatic rings. The smallest absolute Gasteiger partial charge is 0.255 e. The van der Waals surface area contributed by atoms with Crippen molar-refractivity contribution in [3.63, 3.8) is 0 Å². The minimum Gasteiger partial charge on any atom is -0.356 e. The van der Waals surface area contributed by atoms with Crippen LogP contribution in [-0.2, 0) is 19.5 Å². The number of fused-ring (bicyclic) bond motifs is 1. The molecule has 2 aromatic heterocycles. The number of aryl methyl sites for hydroxylation is 2. The highest BCUT2D eigenvalue weighted by Gasteiger charge is 2.24. The second kappa shape index (κ2) is 6.29. The third-order valence-corrected chi connectivity index (χ3v) is 4.67. The Morgan fingerprint density at radius 3 is 2.84 bits per heavy atom. The fourth-order valence-corrected chi connectivity index (χ4v) is 3.36. The van der Waals surface area contributed by atoms with E-state index in [2.05, 4.69) is 20.0 Å². The summed E-state index contributed by atoms with van der Waals surface area (Å²) in [6.45, 7) is 5.94. The SMILES string of the molecule is Cc1nc2c(c(=O)[nH]1)CN(Cc1c(C)noc1-c1ccccc1)CC2. The molecule has 0 saturated carbocycles. The molecule has 1 aliphatic heterocycles. The molecule has 1 aromatic carbocycles. The molecule has 1 N–H and O–H groups in total. The summed E-state index contributed by atoms with van der Waals surface area (Å²) in [4.78, 5) is 21.8. The normalized spacial score (nSPS) is 14.5. The van der Waals surface area contributed by atoms with Crippen molar-refractivity contribution in [2.24, 2.45) is 0 Å². The van der Waals surface area contributed by atoms with Gasteiger partial charge >= 0.3 is 0 Å². The van der Waals surface area contributed by atoms with E-state index in [0.717, 1.165) is 46.8 Å². The molecule has 0 bridgehead atoms. The highest BCUT2D eigenvalue weighted by Crippen LogP contribution is 2.28. The molecular formula is C19H20N4O2. The van der Waals surface area contributed by atoms with Gasteiger partial charge in [0.05, 0.1) is 17.0 Å². The maximum absolute atomic E-state index is 12.2. The van der Waals surface area contributed by atoms with Gasteiger partial charge < -0.3 is 9.51 Å². The first-order chi connectivity index (χ1) is 12.1. The summed E-state index contributed by atoms with van der Waals surface area (Å²) in [6, 6.07) is 10.00. The summed E-state index contributed by atoms with van der Waals surface area (Å²) in [5, 5.41) is 4.15. The van der Waals surface area contributed by atoms with Crippen molar-refractivity contribution >= 4 is 0 Å². The zero-order valence-electron chi connectivity index (χ0n) is 14.4. The van der Waals surface area contributed by atoms with Crippen LogP contribution in [0.2, 0.25) is 0 Å². The van der Waals surface area contributed by atoms with Gasteiger partial charge in [0.25, 0.3) is 5.56 Å². The van der Waals surface area contributed by atoms with Crippen LogP contribution in [0.25, 0.3) is 11.3 Å². The molecular weight excluding hydrogens is 316 g/mol. The molecule has 0 saturated heterocycles. The molecule has 6 nitrogen and oxygen atoms in total. The molecule has 4 rings (SSSR count). The van der Waals surface area contributed by atoms with Crippen LogP contribution in [0, 0.1) is 13.8 Å². The Labute approximate surface area is 145 Å². The average molecular weight is 336 g/mol. The molecule has 0 fully saturated rings. The average Bonchev–Trinajstić information content (AvgIpc) is 2.97. The van der Waals surface area contributed by atoms with Gasteiger partial charge in [0.15, 0.2) is 5.76 Å². The van der Waals surface area contributed by atoms with Crippen LogP contribution in [0.5, 0.6) is 0 Å². The first-order valence-corrected chi connectivity index (χ1v) is 8.43. The van der Waals surface area contributed by atoms with Crippen molar-refractivity contribution < 1.29 is 4.52 Å². The van der Waals surface area contributed by atoms with E-state index in [9.17, 15) is 4.79 Å². The predicted octanol–water partition coefficient (Wildman–Crippen LogP) is 2.60. The lowest BCUT2D eigenvalue weighted by Gasteiger charge is -2.27. The van der Waals surface area contributed by atoms with Crippen molar-refractivity contribution in [2.75, 3.05) is 6.54 Å². The summed E-state index contributed by atoms with van der Waals surface area (Å²) in [7, 11) is 0. The van der Waals surface area contributed by atoms with Gasteiger partial charge in [0.2, 0.25) is 0 Å². The first kappa shape index (κ1) is 15.8. The summed E-state index contributed by atoms with van der Waals surface area (Å²) in [6.07, 6.45) is 0.783. The fourth-order valence-electron chi connectivity index (χ4n) is 3.36. The van der Waals surface area contributed by atoms with Crippen LogP contribution in [-0.4, -0.2) is 26.6 Å². The van der Waals surface area contributed by atoms with Gasteiger partial charge in [0, 0.05) is 37.2 Å². The van der Waals surface area contributed by atoms with Gasteiger partial charge in [-0.25, -0.2) is 4.98 Å². The molecule has 0 unspecified atom stereocenters. The number of nitrogens with zero attached hydrogens (tertiary/aromatic N) is 3. The number of aromatic amines is 1. The molecule has 128 valence electrons. The van der Waals surface area contributed by atoms with Crippen molar-refractivity contribution in [2.45, 2.75) is 33.4 Å². The Morgan fingerprint density at radius 1 is 1.24 bits per heavy atom. The summed E-state index contributed by atoms with van der Waals surface area (Å²) >= 11 is 0. The Balaban J connectivity index is 1.62. The first-order valence-electron chi connectivity index (χ1n) is 8.43. The predicted molar refractivity (Wildman–Crippen MR) is 94.1 cm³/mol. The highest BCUT2D eigenvalue weighted by atomic mass is 16.5. The second-order valence-electron chi connectivity index (χ2n) is 6.48. The van der Waals surface area contributed by atoms with E-state index in [4.69, 9.17) is 4.52 Å². The van der Waals surface area contributed by atoms with E-state index >= 15 is 0 Å². The number of H-pyrrole nitrogens is 1. The summed E-state index contributed by atoms with van der Waals surface area (Å²) in [5.74, 6) is 1.48. The van der Waals surface area contributed by atoms with Gasteiger partial charge in [-0.3, -0.25) is 9.69 Å². The van der Waals surface area contributed by atoms with Crippen LogP contribution in [0.4, 0.5) is 0 Å². The van der Waals surface area contributed by atoms with Crippen LogP contribution in [0.1, 0.15) is 28.3 Å². The van der Waals surface area contributed by atoms with Crippen LogP contribution >= 0.6 is 0 Å². The van der Waals surface area contributed by atoms with Crippen LogP contribution in [0.3, 0.4) is 0 Å². The highest BCUT2D eigenvalue weighted by molar-refractivity contribution is 5.61. The standard InChI is InChI=1S/C19H20N4O2/c1-12-15(18(25-22-12)14-6-4-3-5-7-14)10-23-9-8-17-16(11-23)19(24)21-13(2)20-17/h3-7H,8-11H2,1-2H3,(H,20,21,24). The number of benzene rings is 1. The molecule has 3 heterocycles. The molecule has 25 heavy (non-hydrogen) atoms. The minimum absolute atomic E-state index is 0.0301. The Kier molecular flexibility index (Phi) is 3.97. The third kappa shape index (κ3) is 3.00. The molecule has 0 radical (unpaired) electrons. The van der Waals surface area contributed by atoms with Crippen molar-refractivity contribution in [3.8, 4) is 11.3 Å². The van der Waals surface area contributed by atoms with Gasteiger partial charge in [0.1, 0.15) is 5.82 Å². The topological polar surface area (TPSA) is 75.0 Å². The maximum atomic E-state index is 12.2. The number of hydrogen-bond acceptors (Lipinski definition) is 5. The van der Waals surface area contributed by atoms with Crippen LogP contribution < -0.4 is 5.56 Å². The van der Waals surface area contributed by atoms with Gasteiger partial charge in [-0.1, -0.05) is 35.5 Å². The lowest BCUT2D eigenvalue weighted by atomic mass is 10.0. The van der Waals surface area contributed by atoms with E-state index in [1.807, 2.05) is 44.2 Å². The molecule has 0 aliphatic carbocycles. The largest absolute Gasteiger partial charge is 0.356 e. The number of aromatic nitrogens is 3. The molecule has 0 spiro atoms. The van der Waals surface area contributed by atoms with Gasteiger partial charge in [-0.15, -0.1) is 0 Å². The fraction of sp³-hybridized carbons (Fsp3) is 0.316.